The van der Waals surface area contributed by atoms with Gasteiger partial charge in [-0.15, -0.1) is 0 Å². The zero-order valence-corrected chi connectivity index (χ0v) is 20.4. The van der Waals surface area contributed by atoms with Crippen LogP contribution < -0.4 is 5.32 Å². The highest BCUT2D eigenvalue weighted by Gasteiger charge is 2.36. The number of hydrogen-bond acceptors (Lipinski definition) is 7. The first-order chi connectivity index (χ1) is 17.5. The topological polar surface area (TPSA) is 154 Å². The van der Waals surface area contributed by atoms with E-state index in [0.717, 1.165) is 22.1 Å². The number of amides is 3. The number of aryl methyl sites for hydroxylation is 2. The SMILES string of the molecule is Cc1cc(C)cc(NC(=O)CN2C(=O)S/C(=C/c3ccc(-c4cc(C(=O)O)cc(C(=O)O)c4)o3)C2=O)c1. The third kappa shape index (κ3) is 5.78. The second kappa shape index (κ2) is 10.2. The summed E-state index contributed by atoms with van der Waals surface area (Å²) in [6.45, 7) is 3.31. The second-order valence-electron chi connectivity index (χ2n) is 8.30. The highest BCUT2D eigenvalue weighted by molar-refractivity contribution is 8.18. The Labute approximate surface area is 214 Å². The van der Waals surface area contributed by atoms with Crippen molar-refractivity contribution in [3.8, 4) is 11.3 Å². The molecular weight excluding hydrogens is 500 g/mol. The molecule has 0 spiro atoms. The Hall–Kier alpha value is -4.64. The first-order valence-electron chi connectivity index (χ1n) is 10.9. The fourth-order valence-corrected chi connectivity index (χ4v) is 4.58. The maximum Gasteiger partial charge on any atom is 0.335 e. The number of carboxylic acids is 2. The number of anilines is 1. The van der Waals surface area contributed by atoms with Crippen LogP contribution in [0, 0.1) is 13.8 Å². The minimum absolute atomic E-state index is 0.0376. The molecule has 0 radical (unpaired) electrons. The number of rotatable bonds is 7. The van der Waals surface area contributed by atoms with Gasteiger partial charge in [0.2, 0.25) is 5.91 Å². The van der Waals surface area contributed by atoms with Crippen LogP contribution in [0.1, 0.15) is 37.6 Å². The van der Waals surface area contributed by atoms with E-state index in [0.29, 0.717) is 17.4 Å². The van der Waals surface area contributed by atoms with Crippen LogP contribution in [0.25, 0.3) is 17.4 Å². The van der Waals surface area contributed by atoms with Gasteiger partial charge in [0, 0.05) is 17.3 Å². The molecule has 3 amide bonds. The van der Waals surface area contributed by atoms with Crippen molar-refractivity contribution in [2.24, 2.45) is 0 Å². The van der Waals surface area contributed by atoms with Gasteiger partial charge in [0.25, 0.3) is 11.1 Å². The molecule has 188 valence electrons. The molecule has 2 aromatic carbocycles. The Kier molecular flexibility index (Phi) is 6.98. The molecule has 0 aliphatic carbocycles. The van der Waals surface area contributed by atoms with Gasteiger partial charge in [-0.05, 0) is 79.2 Å². The number of imide groups is 1. The minimum atomic E-state index is -1.30. The standard InChI is InChI=1S/C26H20N2O8S/c1-13-5-14(2)7-18(6-13)27-22(29)12-28-23(30)21(37-26(28)35)11-19-3-4-20(36-19)15-8-16(24(31)32)10-17(9-15)25(33)34/h3-11H,12H2,1-2H3,(H,27,29)(H,31,32)(H,33,34)/b21-11+. The predicted octanol–water partition coefficient (Wildman–Crippen LogP) is 4.63. The lowest BCUT2D eigenvalue weighted by molar-refractivity contribution is -0.127. The Balaban J connectivity index is 1.51. The number of thioether (sulfide) groups is 1. The van der Waals surface area contributed by atoms with Crippen molar-refractivity contribution in [2.45, 2.75) is 13.8 Å². The number of carbonyl (C=O) groups is 5. The summed E-state index contributed by atoms with van der Waals surface area (Å²) in [5, 5.41) is 20.6. The third-order valence-electron chi connectivity index (χ3n) is 5.29. The number of carbonyl (C=O) groups excluding carboxylic acids is 3. The largest absolute Gasteiger partial charge is 0.478 e. The van der Waals surface area contributed by atoms with E-state index in [9.17, 15) is 34.2 Å². The summed E-state index contributed by atoms with van der Waals surface area (Å²) < 4.78 is 5.67. The van der Waals surface area contributed by atoms with Gasteiger partial charge in [-0.1, -0.05) is 6.07 Å². The number of furan rings is 1. The number of aromatic carboxylic acids is 2. The zero-order valence-electron chi connectivity index (χ0n) is 19.6. The van der Waals surface area contributed by atoms with Crippen molar-refractivity contribution in [2.75, 3.05) is 11.9 Å². The molecule has 0 atom stereocenters. The first kappa shape index (κ1) is 25.5. The third-order valence-corrected chi connectivity index (χ3v) is 6.20. The monoisotopic (exact) mass is 520 g/mol. The summed E-state index contributed by atoms with van der Waals surface area (Å²) in [5.74, 6) is -3.44. The maximum atomic E-state index is 12.8. The number of benzene rings is 2. The van der Waals surface area contributed by atoms with Crippen LogP contribution in [-0.4, -0.2) is 50.6 Å². The lowest BCUT2D eigenvalue weighted by atomic mass is 10.0. The summed E-state index contributed by atoms with van der Waals surface area (Å²) >= 11 is 0.651. The average Bonchev–Trinajstić information content (AvgIpc) is 3.38. The number of nitrogens with zero attached hydrogens (tertiary/aromatic N) is 1. The lowest BCUT2D eigenvalue weighted by Gasteiger charge is -2.13. The van der Waals surface area contributed by atoms with Gasteiger partial charge >= 0.3 is 11.9 Å². The second-order valence-corrected chi connectivity index (χ2v) is 9.30. The van der Waals surface area contributed by atoms with E-state index in [1.165, 1.54) is 30.3 Å². The molecule has 4 rings (SSSR count). The lowest BCUT2D eigenvalue weighted by Crippen LogP contribution is -2.36. The van der Waals surface area contributed by atoms with Crippen LogP contribution in [0.5, 0.6) is 0 Å². The summed E-state index contributed by atoms with van der Waals surface area (Å²) in [4.78, 5) is 61.3. The molecule has 37 heavy (non-hydrogen) atoms. The Bertz CT molecular complexity index is 1450. The van der Waals surface area contributed by atoms with Gasteiger partial charge in [0.1, 0.15) is 18.1 Å². The molecule has 0 unspecified atom stereocenters. The van der Waals surface area contributed by atoms with E-state index in [2.05, 4.69) is 5.32 Å². The maximum absolute atomic E-state index is 12.8. The predicted molar refractivity (Wildman–Crippen MR) is 135 cm³/mol. The zero-order chi connectivity index (χ0) is 26.9. The molecule has 3 aromatic rings. The molecule has 2 heterocycles. The van der Waals surface area contributed by atoms with Crippen molar-refractivity contribution in [1.29, 1.82) is 0 Å². The van der Waals surface area contributed by atoms with Crippen molar-refractivity contribution in [1.82, 2.24) is 4.90 Å². The van der Waals surface area contributed by atoms with E-state index in [1.54, 1.807) is 12.1 Å². The average molecular weight is 521 g/mol. The summed E-state index contributed by atoms with van der Waals surface area (Å²) in [6.07, 6.45) is 1.33. The fourth-order valence-electron chi connectivity index (χ4n) is 3.76. The summed E-state index contributed by atoms with van der Waals surface area (Å²) in [5.41, 5.74) is 2.23. The number of carboxylic acid groups (broad SMARTS) is 2. The van der Waals surface area contributed by atoms with Crippen LogP contribution in [0.3, 0.4) is 0 Å². The minimum Gasteiger partial charge on any atom is -0.478 e. The van der Waals surface area contributed by atoms with Gasteiger partial charge < -0.3 is 19.9 Å². The normalized spacial score (nSPS) is 14.3. The van der Waals surface area contributed by atoms with Crippen molar-refractivity contribution in [3.63, 3.8) is 0 Å². The Morgan fingerprint density at radius 1 is 0.946 bits per heavy atom. The van der Waals surface area contributed by atoms with Gasteiger partial charge in [0.05, 0.1) is 16.0 Å². The molecule has 1 saturated heterocycles. The molecule has 1 aromatic heterocycles. The van der Waals surface area contributed by atoms with Gasteiger partial charge in [-0.2, -0.15) is 0 Å². The quantitative estimate of drug-likeness (QED) is 0.378. The molecule has 0 saturated carbocycles. The van der Waals surface area contributed by atoms with Crippen LogP contribution >= 0.6 is 11.8 Å². The van der Waals surface area contributed by atoms with E-state index >= 15 is 0 Å². The number of hydrogen-bond donors (Lipinski definition) is 3. The van der Waals surface area contributed by atoms with E-state index in [-0.39, 0.29) is 33.1 Å². The van der Waals surface area contributed by atoms with Crippen LogP contribution in [0.4, 0.5) is 10.5 Å². The molecule has 1 fully saturated rings. The van der Waals surface area contributed by atoms with E-state index in [1.807, 2.05) is 19.9 Å². The highest BCUT2D eigenvalue weighted by Crippen LogP contribution is 2.33. The fraction of sp³-hybridized carbons (Fsp3) is 0.115. The smallest absolute Gasteiger partial charge is 0.335 e. The molecule has 1 aliphatic heterocycles. The first-order valence-corrected chi connectivity index (χ1v) is 11.7. The summed E-state index contributed by atoms with van der Waals surface area (Å²) in [7, 11) is 0. The van der Waals surface area contributed by atoms with Crippen molar-refractivity contribution in [3.05, 3.63) is 81.5 Å². The van der Waals surface area contributed by atoms with Crippen molar-refractivity contribution < 1.29 is 38.6 Å². The molecule has 1 aliphatic rings. The summed E-state index contributed by atoms with van der Waals surface area (Å²) in [6, 6.07) is 12.0. The van der Waals surface area contributed by atoms with Gasteiger partial charge in [-0.3, -0.25) is 19.3 Å². The van der Waals surface area contributed by atoms with E-state index in [4.69, 9.17) is 4.42 Å². The Morgan fingerprint density at radius 2 is 1.57 bits per heavy atom. The Morgan fingerprint density at radius 3 is 2.16 bits per heavy atom. The highest BCUT2D eigenvalue weighted by atomic mass is 32.2. The van der Waals surface area contributed by atoms with Gasteiger partial charge in [-0.25, -0.2) is 9.59 Å². The van der Waals surface area contributed by atoms with Crippen LogP contribution in [-0.2, 0) is 9.59 Å². The molecule has 10 nitrogen and oxygen atoms in total. The molecule has 0 bridgehead atoms. The molecular formula is C26H20N2O8S. The van der Waals surface area contributed by atoms with E-state index < -0.39 is 35.5 Å². The van der Waals surface area contributed by atoms with Crippen molar-refractivity contribution >= 4 is 52.5 Å². The molecule has 3 N–H and O–H groups in total. The van der Waals surface area contributed by atoms with Gasteiger partial charge in [0.15, 0.2) is 0 Å². The number of nitrogens with one attached hydrogen (secondary N) is 1. The van der Waals surface area contributed by atoms with Crippen LogP contribution in [0.2, 0.25) is 0 Å². The van der Waals surface area contributed by atoms with Crippen LogP contribution in [0.15, 0.2) is 57.9 Å². The molecule has 11 heteroatoms.